The first-order valence-corrected chi connectivity index (χ1v) is 9.57. The lowest BCUT2D eigenvalue weighted by Gasteiger charge is -2.10. The van der Waals surface area contributed by atoms with Crippen molar-refractivity contribution in [3.63, 3.8) is 0 Å². The monoisotopic (exact) mass is 375 g/mol. The molecule has 1 fully saturated rings. The van der Waals surface area contributed by atoms with Gasteiger partial charge in [0.05, 0.1) is 11.6 Å². The number of aromatic nitrogens is 2. The van der Waals surface area contributed by atoms with Crippen LogP contribution in [-0.4, -0.2) is 35.6 Å². The summed E-state index contributed by atoms with van der Waals surface area (Å²) in [6.07, 6.45) is 2.50. The van der Waals surface area contributed by atoms with Crippen LogP contribution in [0.25, 0.3) is 0 Å². The lowest BCUT2D eigenvalue weighted by molar-refractivity contribution is 0.344. The van der Waals surface area contributed by atoms with Crippen LogP contribution in [0.2, 0.25) is 10.0 Å². The van der Waals surface area contributed by atoms with E-state index in [1.54, 1.807) is 41.3 Å². The molecule has 0 aliphatic carbocycles. The fourth-order valence-corrected chi connectivity index (χ4v) is 4.41. The fourth-order valence-electron chi connectivity index (χ4n) is 2.17. The molecule has 1 aliphatic rings. The van der Waals surface area contributed by atoms with Gasteiger partial charge in [-0.2, -0.15) is 0 Å². The molecule has 0 spiro atoms. The third kappa shape index (κ3) is 4.19. The van der Waals surface area contributed by atoms with Crippen molar-refractivity contribution in [3.8, 4) is 5.75 Å². The van der Waals surface area contributed by atoms with Crippen LogP contribution in [0.15, 0.2) is 22.5 Å². The van der Waals surface area contributed by atoms with Gasteiger partial charge in [0.25, 0.3) is 0 Å². The van der Waals surface area contributed by atoms with Gasteiger partial charge in [0, 0.05) is 23.9 Å². The maximum atomic E-state index is 6.06. The molecule has 0 amide bonds. The molecule has 2 aromatic rings. The van der Waals surface area contributed by atoms with Crippen LogP contribution in [0.5, 0.6) is 5.75 Å². The van der Waals surface area contributed by atoms with Crippen molar-refractivity contribution in [3.05, 3.63) is 28.2 Å². The predicted octanol–water partition coefficient (Wildman–Crippen LogP) is 4.62. The summed E-state index contributed by atoms with van der Waals surface area (Å²) in [4.78, 5) is 2.30. The second-order valence-electron chi connectivity index (χ2n) is 4.82. The zero-order valence-corrected chi connectivity index (χ0v) is 14.9. The highest BCUT2D eigenvalue weighted by Gasteiger charge is 2.16. The molecule has 0 radical (unpaired) electrons. The van der Waals surface area contributed by atoms with Gasteiger partial charge in [-0.05, 0) is 31.0 Å². The van der Waals surface area contributed by atoms with Crippen molar-refractivity contribution in [2.45, 2.75) is 17.2 Å². The van der Waals surface area contributed by atoms with Crippen LogP contribution in [-0.2, 0) is 0 Å². The van der Waals surface area contributed by atoms with E-state index >= 15 is 0 Å². The molecule has 0 atom stereocenters. The number of thioether (sulfide) groups is 1. The number of hydrogen-bond donors (Lipinski definition) is 0. The molecular weight excluding hydrogens is 361 g/mol. The zero-order valence-electron chi connectivity index (χ0n) is 11.8. The normalized spacial score (nSPS) is 14.5. The van der Waals surface area contributed by atoms with Crippen LogP contribution < -0.4 is 9.64 Å². The molecule has 0 bridgehead atoms. The van der Waals surface area contributed by atoms with E-state index in [0.717, 1.165) is 28.3 Å². The molecular formula is C14H15Cl2N3OS2. The van der Waals surface area contributed by atoms with Gasteiger partial charge >= 0.3 is 0 Å². The van der Waals surface area contributed by atoms with Crippen LogP contribution in [0.4, 0.5) is 5.13 Å². The SMILES string of the molecule is Clc1ccc(OCCSc2nnc(N3CCCC3)s2)c(Cl)c1. The average molecular weight is 376 g/mol. The number of benzene rings is 1. The van der Waals surface area contributed by atoms with E-state index in [-0.39, 0.29) is 0 Å². The van der Waals surface area contributed by atoms with E-state index in [9.17, 15) is 0 Å². The summed E-state index contributed by atoms with van der Waals surface area (Å²) in [6, 6.07) is 5.23. The van der Waals surface area contributed by atoms with Gasteiger partial charge in [0.1, 0.15) is 5.75 Å². The largest absolute Gasteiger partial charge is 0.491 e. The Morgan fingerprint density at radius 2 is 2.05 bits per heavy atom. The van der Waals surface area contributed by atoms with Crippen molar-refractivity contribution >= 4 is 51.4 Å². The summed E-state index contributed by atoms with van der Waals surface area (Å²) in [5.41, 5.74) is 0. The molecule has 1 aromatic carbocycles. The Morgan fingerprint density at radius 1 is 1.23 bits per heavy atom. The van der Waals surface area contributed by atoms with Gasteiger partial charge < -0.3 is 9.64 Å². The third-order valence-electron chi connectivity index (χ3n) is 3.23. The van der Waals surface area contributed by atoms with E-state index in [1.165, 1.54) is 12.8 Å². The summed E-state index contributed by atoms with van der Waals surface area (Å²) >= 11 is 15.2. The van der Waals surface area contributed by atoms with Gasteiger partial charge in [-0.15, -0.1) is 10.2 Å². The highest BCUT2D eigenvalue weighted by Crippen LogP contribution is 2.31. The summed E-state index contributed by atoms with van der Waals surface area (Å²) in [6.45, 7) is 2.75. The predicted molar refractivity (Wildman–Crippen MR) is 94.0 cm³/mol. The molecule has 1 saturated heterocycles. The maximum Gasteiger partial charge on any atom is 0.209 e. The highest BCUT2D eigenvalue weighted by atomic mass is 35.5. The van der Waals surface area contributed by atoms with Crippen molar-refractivity contribution in [1.29, 1.82) is 0 Å². The summed E-state index contributed by atoms with van der Waals surface area (Å²) in [5, 5.41) is 10.6. The van der Waals surface area contributed by atoms with E-state index in [0.29, 0.717) is 22.4 Å². The lowest BCUT2D eigenvalue weighted by atomic mass is 10.3. The Balaban J connectivity index is 1.45. The first-order chi connectivity index (χ1) is 10.7. The smallest absolute Gasteiger partial charge is 0.209 e. The van der Waals surface area contributed by atoms with Crippen LogP contribution in [0, 0.1) is 0 Å². The number of ether oxygens (including phenoxy) is 1. The molecule has 8 heteroatoms. The summed E-state index contributed by atoms with van der Waals surface area (Å²) in [5.74, 6) is 1.45. The number of halogens is 2. The van der Waals surface area contributed by atoms with Gasteiger partial charge in [-0.25, -0.2) is 0 Å². The van der Waals surface area contributed by atoms with E-state index < -0.39 is 0 Å². The Bertz CT molecular complexity index is 632. The fraction of sp³-hybridized carbons (Fsp3) is 0.429. The van der Waals surface area contributed by atoms with Crippen LogP contribution in [0.1, 0.15) is 12.8 Å². The minimum absolute atomic E-state index is 0.532. The first-order valence-electron chi connectivity index (χ1n) is 7.01. The first kappa shape index (κ1) is 16.2. The zero-order chi connectivity index (χ0) is 15.4. The quantitative estimate of drug-likeness (QED) is 0.544. The minimum Gasteiger partial charge on any atom is -0.491 e. The molecule has 1 aliphatic heterocycles. The van der Waals surface area contributed by atoms with Crippen molar-refractivity contribution in [2.75, 3.05) is 30.3 Å². The number of rotatable bonds is 6. The second-order valence-corrected chi connectivity index (χ2v) is 7.96. The Kier molecular flexibility index (Phi) is 5.68. The Morgan fingerprint density at radius 3 is 2.82 bits per heavy atom. The van der Waals surface area contributed by atoms with Crippen molar-refractivity contribution in [2.24, 2.45) is 0 Å². The number of hydrogen-bond acceptors (Lipinski definition) is 6. The molecule has 0 N–H and O–H groups in total. The minimum atomic E-state index is 0.532. The molecule has 22 heavy (non-hydrogen) atoms. The topological polar surface area (TPSA) is 38.3 Å². The van der Waals surface area contributed by atoms with Gasteiger partial charge in [0.15, 0.2) is 4.34 Å². The number of nitrogens with zero attached hydrogens (tertiary/aromatic N) is 3. The highest BCUT2D eigenvalue weighted by molar-refractivity contribution is 8.01. The molecule has 2 heterocycles. The lowest BCUT2D eigenvalue weighted by Crippen LogP contribution is -2.17. The summed E-state index contributed by atoms with van der Waals surface area (Å²) in [7, 11) is 0. The Labute approximate surface area is 147 Å². The molecule has 118 valence electrons. The number of anilines is 1. The van der Waals surface area contributed by atoms with Gasteiger partial charge in [-0.1, -0.05) is 46.3 Å². The van der Waals surface area contributed by atoms with E-state index in [2.05, 4.69) is 15.1 Å². The van der Waals surface area contributed by atoms with E-state index in [4.69, 9.17) is 27.9 Å². The molecule has 4 nitrogen and oxygen atoms in total. The average Bonchev–Trinajstić information content (AvgIpc) is 3.16. The Hall–Kier alpha value is -0.690. The molecule has 1 aromatic heterocycles. The van der Waals surface area contributed by atoms with Crippen molar-refractivity contribution in [1.82, 2.24) is 10.2 Å². The summed E-state index contributed by atoms with van der Waals surface area (Å²) < 4.78 is 6.63. The van der Waals surface area contributed by atoms with Gasteiger partial charge in [-0.3, -0.25) is 0 Å². The molecule has 0 saturated carbocycles. The molecule has 0 unspecified atom stereocenters. The molecule has 3 rings (SSSR count). The standard InChI is InChI=1S/C14H15Cl2N3OS2/c15-10-3-4-12(11(16)9-10)20-7-8-21-14-18-17-13(22-14)19-5-1-2-6-19/h3-4,9H,1-2,5-8H2. The second kappa shape index (κ2) is 7.73. The van der Waals surface area contributed by atoms with Crippen LogP contribution >= 0.6 is 46.3 Å². The van der Waals surface area contributed by atoms with Gasteiger partial charge in [0.2, 0.25) is 5.13 Å². The third-order valence-corrected chi connectivity index (χ3v) is 5.84. The van der Waals surface area contributed by atoms with Crippen LogP contribution in [0.3, 0.4) is 0 Å². The maximum absolute atomic E-state index is 6.06. The van der Waals surface area contributed by atoms with E-state index in [1.807, 2.05) is 0 Å². The van der Waals surface area contributed by atoms with Crippen molar-refractivity contribution < 1.29 is 4.74 Å².